The number of aryl methyl sites for hydroxylation is 1. The molecule has 0 aliphatic carbocycles. The average Bonchev–Trinajstić information content (AvgIpc) is 2.98. The fourth-order valence-electron chi connectivity index (χ4n) is 3.94. The summed E-state index contributed by atoms with van der Waals surface area (Å²) in [5.41, 5.74) is 4.00. The van der Waals surface area contributed by atoms with Crippen molar-refractivity contribution in [1.82, 2.24) is 4.90 Å². The minimum Gasteiger partial charge on any atom is -0.388 e. The molecular formula is C25H37ClN2. The van der Waals surface area contributed by atoms with Crippen LogP contribution in [0.1, 0.15) is 50.7 Å². The van der Waals surface area contributed by atoms with Crippen molar-refractivity contribution in [2.45, 2.75) is 52.4 Å². The van der Waals surface area contributed by atoms with Gasteiger partial charge in [0, 0.05) is 30.8 Å². The van der Waals surface area contributed by atoms with Gasteiger partial charge in [0.2, 0.25) is 0 Å². The largest absolute Gasteiger partial charge is 0.388 e. The highest BCUT2D eigenvalue weighted by Gasteiger charge is 2.18. The first-order valence-electron chi connectivity index (χ1n) is 11.0. The molecule has 3 rings (SSSR count). The molecule has 1 saturated heterocycles. The third-order valence-electron chi connectivity index (χ3n) is 5.54. The Hall–Kier alpha value is -1.51. The zero-order valence-electron chi connectivity index (χ0n) is 17.9. The number of rotatable bonds is 7. The lowest BCUT2D eigenvalue weighted by atomic mass is 9.95. The van der Waals surface area contributed by atoms with Crippen molar-refractivity contribution >= 4 is 17.3 Å². The third-order valence-corrected chi connectivity index (χ3v) is 5.78. The van der Waals surface area contributed by atoms with Crippen LogP contribution in [0.25, 0.3) is 0 Å². The topological polar surface area (TPSA) is 15.3 Å². The van der Waals surface area contributed by atoms with Crippen LogP contribution in [-0.2, 0) is 12.8 Å². The van der Waals surface area contributed by atoms with Crippen LogP contribution < -0.4 is 5.32 Å². The molecule has 1 fully saturated rings. The number of anilines is 1. The van der Waals surface area contributed by atoms with Gasteiger partial charge in [-0.15, -0.1) is 0 Å². The highest BCUT2D eigenvalue weighted by atomic mass is 35.5. The van der Waals surface area contributed by atoms with E-state index < -0.39 is 0 Å². The molecule has 2 nitrogen and oxygen atoms in total. The summed E-state index contributed by atoms with van der Waals surface area (Å²) < 4.78 is 0. The van der Waals surface area contributed by atoms with Gasteiger partial charge in [0.15, 0.2) is 0 Å². The molecule has 2 aromatic carbocycles. The number of nitrogens with one attached hydrogen (secondary N) is 1. The normalized spacial score (nSPS) is 17.4. The van der Waals surface area contributed by atoms with Crippen molar-refractivity contribution in [3.05, 3.63) is 64.7 Å². The van der Waals surface area contributed by atoms with Gasteiger partial charge in [0.25, 0.3) is 0 Å². The van der Waals surface area contributed by atoms with Gasteiger partial charge < -0.3 is 10.2 Å². The van der Waals surface area contributed by atoms with E-state index in [0.717, 1.165) is 23.9 Å². The van der Waals surface area contributed by atoms with Gasteiger partial charge in [-0.25, -0.2) is 0 Å². The van der Waals surface area contributed by atoms with E-state index in [-0.39, 0.29) is 0 Å². The van der Waals surface area contributed by atoms with Crippen molar-refractivity contribution in [3.8, 4) is 0 Å². The number of likely N-dealkylation sites (tertiary alicyclic amines) is 1. The Morgan fingerprint density at radius 3 is 2.50 bits per heavy atom. The molecule has 2 aromatic rings. The van der Waals surface area contributed by atoms with Crippen molar-refractivity contribution in [2.75, 3.05) is 32.0 Å². The molecule has 1 heterocycles. The van der Waals surface area contributed by atoms with Gasteiger partial charge in [-0.05, 0) is 80.0 Å². The molecule has 0 radical (unpaired) electrons. The molecule has 1 atom stereocenters. The molecule has 0 bridgehead atoms. The Bertz CT molecular complexity index is 669. The lowest BCUT2D eigenvalue weighted by molar-refractivity contribution is 0.245. The van der Waals surface area contributed by atoms with Crippen LogP contribution in [-0.4, -0.2) is 31.6 Å². The fraction of sp³-hybridized carbons (Fsp3) is 0.520. The maximum absolute atomic E-state index is 6.12. The number of nitrogens with zero attached hydrogens (tertiary/aromatic N) is 1. The first-order valence-corrected chi connectivity index (χ1v) is 11.3. The quantitative estimate of drug-likeness (QED) is 0.557. The number of benzene rings is 2. The number of hydrogen-bond acceptors (Lipinski definition) is 2. The molecule has 0 saturated carbocycles. The smallest absolute Gasteiger partial charge is 0.0408 e. The predicted octanol–water partition coefficient (Wildman–Crippen LogP) is 6.69. The van der Waals surface area contributed by atoms with Crippen LogP contribution in [0.4, 0.5) is 5.69 Å². The lowest BCUT2D eigenvalue weighted by Gasteiger charge is -2.24. The van der Waals surface area contributed by atoms with Gasteiger partial charge >= 0.3 is 0 Å². The Kier molecular flexibility index (Phi) is 10.5. The maximum atomic E-state index is 6.12. The second kappa shape index (κ2) is 12.9. The zero-order chi connectivity index (χ0) is 20.2. The van der Waals surface area contributed by atoms with E-state index in [9.17, 15) is 0 Å². The van der Waals surface area contributed by atoms with E-state index in [1.165, 1.54) is 62.0 Å². The van der Waals surface area contributed by atoms with Gasteiger partial charge in [-0.3, -0.25) is 0 Å². The van der Waals surface area contributed by atoms with E-state index in [2.05, 4.69) is 52.7 Å². The molecule has 1 aliphatic heterocycles. The maximum Gasteiger partial charge on any atom is 0.0408 e. The van der Waals surface area contributed by atoms with Gasteiger partial charge in [0.05, 0.1) is 0 Å². The Morgan fingerprint density at radius 1 is 1.00 bits per heavy atom. The summed E-state index contributed by atoms with van der Waals surface area (Å²) in [6.07, 6.45) is 7.67. The molecule has 154 valence electrons. The minimum absolute atomic E-state index is 0.820. The summed E-state index contributed by atoms with van der Waals surface area (Å²) in [7, 11) is 1.97. The average molecular weight is 401 g/mol. The fourth-order valence-corrected chi connectivity index (χ4v) is 4.16. The summed E-state index contributed by atoms with van der Waals surface area (Å²) in [5, 5.41) is 4.04. The van der Waals surface area contributed by atoms with Crippen LogP contribution in [0.15, 0.2) is 48.5 Å². The lowest BCUT2D eigenvalue weighted by Crippen LogP contribution is -2.30. The Balaban J connectivity index is 0.00000136. The first-order chi connectivity index (χ1) is 13.7. The van der Waals surface area contributed by atoms with Crippen molar-refractivity contribution in [1.29, 1.82) is 0 Å². The van der Waals surface area contributed by atoms with E-state index in [1.54, 1.807) is 0 Å². The number of hydrogen-bond donors (Lipinski definition) is 1. The molecule has 1 unspecified atom stereocenters. The molecule has 3 heteroatoms. The molecule has 28 heavy (non-hydrogen) atoms. The van der Waals surface area contributed by atoms with Crippen LogP contribution in [0.2, 0.25) is 5.02 Å². The Morgan fingerprint density at radius 2 is 1.79 bits per heavy atom. The molecule has 0 aromatic heterocycles. The third kappa shape index (κ3) is 7.85. The predicted molar refractivity (Wildman–Crippen MR) is 125 cm³/mol. The standard InChI is InChI=1S/C23H31ClN2.C2H6/c1-25-23-12-10-19(11-13-23)8-9-21-5-2-3-15-26(18-21)16-14-20-6-4-7-22(24)17-20;1-2/h4,6-7,10-13,17,21,25H,2-3,5,8-9,14-16,18H2,1H3;1-2H3. The summed E-state index contributed by atoms with van der Waals surface area (Å²) >= 11 is 6.12. The second-order valence-electron chi connectivity index (χ2n) is 7.53. The SMILES string of the molecule is CC.CNc1ccc(CCC2CCCCN(CCc3cccc(Cl)c3)C2)cc1. The molecule has 0 amide bonds. The molecular weight excluding hydrogens is 364 g/mol. The van der Waals surface area contributed by atoms with Crippen LogP contribution in [0.3, 0.4) is 0 Å². The number of halogens is 1. The van der Waals surface area contributed by atoms with E-state index in [1.807, 2.05) is 27.0 Å². The summed E-state index contributed by atoms with van der Waals surface area (Å²) in [4.78, 5) is 2.67. The monoisotopic (exact) mass is 400 g/mol. The zero-order valence-corrected chi connectivity index (χ0v) is 18.6. The van der Waals surface area contributed by atoms with E-state index in [0.29, 0.717) is 0 Å². The second-order valence-corrected chi connectivity index (χ2v) is 7.96. The Labute approximate surface area is 177 Å². The first kappa shape index (κ1) is 22.8. The van der Waals surface area contributed by atoms with Crippen LogP contribution in [0.5, 0.6) is 0 Å². The van der Waals surface area contributed by atoms with E-state index >= 15 is 0 Å². The summed E-state index contributed by atoms with van der Waals surface area (Å²) in [6, 6.07) is 17.2. The summed E-state index contributed by atoms with van der Waals surface area (Å²) in [5.74, 6) is 0.820. The van der Waals surface area contributed by atoms with Crippen molar-refractivity contribution in [3.63, 3.8) is 0 Å². The summed E-state index contributed by atoms with van der Waals surface area (Å²) in [6.45, 7) is 7.64. The molecule has 1 N–H and O–H groups in total. The highest BCUT2D eigenvalue weighted by molar-refractivity contribution is 6.30. The van der Waals surface area contributed by atoms with Gasteiger partial charge in [-0.2, -0.15) is 0 Å². The molecule has 0 spiro atoms. The van der Waals surface area contributed by atoms with E-state index in [4.69, 9.17) is 11.6 Å². The van der Waals surface area contributed by atoms with Gasteiger partial charge in [-0.1, -0.05) is 56.1 Å². The van der Waals surface area contributed by atoms with Crippen LogP contribution in [0, 0.1) is 5.92 Å². The van der Waals surface area contributed by atoms with Crippen LogP contribution >= 0.6 is 11.6 Å². The molecule has 1 aliphatic rings. The van der Waals surface area contributed by atoms with Crippen molar-refractivity contribution < 1.29 is 0 Å². The highest BCUT2D eigenvalue weighted by Crippen LogP contribution is 2.22. The van der Waals surface area contributed by atoms with Gasteiger partial charge in [0.1, 0.15) is 0 Å². The minimum atomic E-state index is 0.820. The van der Waals surface area contributed by atoms with Crippen molar-refractivity contribution in [2.24, 2.45) is 5.92 Å².